The van der Waals surface area contributed by atoms with E-state index in [9.17, 15) is 4.79 Å². The zero-order valence-electron chi connectivity index (χ0n) is 11.4. The molecule has 4 heteroatoms. The van der Waals surface area contributed by atoms with Crippen LogP contribution in [0.15, 0.2) is 24.3 Å². The molecule has 104 valence electrons. The van der Waals surface area contributed by atoms with Crippen LogP contribution in [0.5, 0.6) is 0 Å². The fourth-order valence-electron chi connectivity index (χ4n) is 2.40. The van der Waals surface area contributed by atoms with Gasteiger partial charge >= 0.3 is 0 Å². The van der Waals surface area contributed by atoms with Gasteiger partial charge in [0.05, 0.1) is 12.5 Å². The van der Waals surface area contributed by atoms with Crippen LogP contribution in [0.2, 0.25) is 0 Å². The monoisotopic (exact) mass is 262 g/mol. The van der Waals surface area contributed by atoms with Gasteiger partial charge in [-0.2, -0.15) is 0 Å². The molecule has 4 nitrogen and oxygen atoms in total. The fourth-order valence-corrected chi connectivity index (χ4v) is 2.40. The smallest absolute Gasteiger partial charge is 0.247 e. The van der Waals surface area contributed by atoms with E-state index in [2.05, 4.69) is 5.48 Å². The third kappa shape index (κ3) is 4.65. The molecule has 0 bridgehead atoms. The van der Waals surface area contributed by atoms with Crippen molar-refractivity contribution < 1.29 is 9.63 Å². The van der Waals surface area contributed by atoms with Crippen molar-refractivity contribution in [3.63, 3.8) is 0 Å². The summed E-state index contributed by atoms with van der Waals surface area (Å²) in [6.07, 6.45) is 4.25. The van der Waals surface area contributed by atoms with Crippen molar-refractivity contribution in [2.45, 2.75) is 51.2 Å². The van der Waals surface area contributed by atoms with Crippen LogP contribution in [0, 0.1) is 6.92 Å². The second kappa shape index (κ2) is 6.68. The maximum atomic E-state index is 11.8. The fraction of sp³-hybridized carbons (Fsp3) is 0.533. The Kier molecular flexibility index (Phi) is 4.93. The first kappa shape index (κ1) is 14.0. The summed E-state index contributed by atoms with van der Waals surface area (Å²) in [5.74, 6) is -0.0968. The summed E-state index contributed by atoms with van der Waals surface area (Å²) < 4.78 is 0. The highest BCUT2D eigenvalue weighted by molar-refractivity contribution is 5.77. The van der Waals surface area contributed by atoms with Crippen LogP contribution in [0.1, 0.15) is 36.8 Å². The van der Waals surface area contributed by atoms with Crippen molar-refractivity contribution in [1.29, 1.82) is 0 Å². The van der Waals surface area contributed by atoms with Gasteiger partial charge in [0, 0.05) is 6.04 Å². The number of nitrogens with two attached hydrogens (primary N) is 1. The summed E-state index contributed by atoms with van der Waals surface area (Å²) in [5.41, 5.74) is 10.5. The molecule has 0 saturated heterocycles. The van der Waals surface area contributed by atoms with Gasteiger partial charge in [-0.1, -0.05) is 29.8 Å². The molecule has 0 atom stereocenters. The number of carbonyl (C=O) groups is 1. The van der Waals surface area contributed by atoms with Crippen LogP contribution >= 0.6 is 0 Å². The number of hydrogen-bond donors (Lipinski definition) is 2. The van der Waals surface area contributed by atoms with Crippen molar-refractivity contribution in [1.82, 2.24) is 5.48 Å². The van der Waals surface area contributed by atoms with Crippen LogP contribution in [0.25, 0.3) is 0 Å². The molecule has 0 aliphatic heterocycles. The molecule has 0 spiro atoms. The number of carbonyl (C=O) groups excluding carboxylic acids is 1. The molecular weight excluding hydrogens is 240 g/mol. The molecule has 1 amide bonds. The second-order valence-electron chi connectivity index (χ2n) is 5.35. The first-order valence-electron chi connectivity index (χ1n) is 6.89. The Balaban J connectivity index is 1.73. The standard InChI is InChI=1S/C15H22N2O2/c1-11-3-2-4-12(9-11)10-15(18)17-19-14-7-5-13(16)6-8-14/h2-4,9,13-14H,5-8,10,16H2,1H3,(H,17,18). The summed E-state index contributed by atoms with van der Waals surface area (Å²) in [7, 11) is 0. The number of aryl methyl sites for hydroxylation is 1. The van der Waals surface area contributed by atoms with Crippen LogP contribution in [-0.2, 0) is 16.1 Å². The zero-order chi connectivity index (χ0) is 13.7. The number of rotatable bonds is 4. The molecular formula is C15H22N2O2. The highest BCUT2D eigenvalue weighted by atomic mass is 16.7. The first-order chi connectivity index (χ1) is 9.13. The Morgan fingerprint density at radius 1 is 1.37 bits per heavy atom. The lowest BCUT2D eigenvalue weighted by Crippen LogP contribution is -2.36. The van der Waals surface area contributed by atoms with Gasteiger partial charge in [0.1, 0.15) is 0 Å². The number of benzene rings is 1. The summed E-state index contributed by atoms with van der Waals surface area (Å²) in [6, 6.07) is 8.23. The van der Waals surface area contributed by atoms with E-state index in [0.29, 0.717) is 12.5 Å². The number of nitrogens with one attached hydrogen (secondary N) is 1. The van der Waals surface area contributed by atoms with Gasteiger partial charge in [0.15, 0.2) is 0 Å². The highest BCUT2D eigenvalue weighted by Crippen LogP contribution is 2.18. The van der Waals surface area contributed by atoms with Crippen molar-refractivity contribution in [2.24, 2.45) is 5.73 Å². The molecule has 0 aromatic heterocycles. The number of hydroxylamine groups is 1. The maximum absolute atomic E-state index is 11.8. The minimum atomic E-state index is -0.0968. The van der Waals surface area contributed by atoms with Crippen molar-refractivity contribution in [3.8, 4) is 0 Å². The molecule has 19 heavy (non-hydrogen) atoms. The molecule has 1 aliphatic rings. The minimum absolute atomic E-state index is 0.0968. The Bertz CT molecular complexity index is 426. The molecule has 1 aromatic carbocycles. The topological polar surface area (TPSA) is 64.3 Å². The van der Waals surface area contributed by atoms with Gasteiger partial charge < -0.3 is 5.73 Å². The van der Waals surface area contributed by atoms with E-state index in [0.717, 1.165) is 36.8 Å². The first-order valence-corrected chi connectivity index (χ1v) is 6.89. The van der Waals surface area contributed by atoms with E-state index in [1.54, 1.807) is 0 Å². The van der Waals surface area contributed by atoms with Gasteiger partial charge in [0.2, 0.25) is 5.91 Å². The lowest BCUT2D eigenvalue weighted by molar-refractivity contribution is -0.139. The Hall–Kier alpha value is -1.39. The highest BCUT2D eigenvalue weighted by Gasteiger charge is 2.19. The summed E-state index contributed by atoms with van der Waals surface area (Å²) >= 11 is 0. The average molecular weight is 262 g/mol. The average Bonchev–Trinajstić information content (AvgIpc) is 2.38. The zero-order valence-corrected chi connectivity index (χ0v) is 11.4. The largest absolute Gasteiger partial charge is 0.328 e. The molecule has 0 unspecified atom stereocenters. The van der Waals surface area contributed by atoms with E-state index < -0.39 is 0 Å². The number of hydrogen-bond acceptors (Lipinski definition) is 3. The van der Waals surface area contributed by atoms with E-state index in [1.165, 1.54) is 0 Å². The quantitative estimate of drug-likeness (QED) is 0.814. The molecule has 0 radical (unpaired) electrons. The van der Waals surface area contributed by atoms with Gasteiger partial charge in [0.25, 0.3) is 0 Å². The van der Waals surface area contributed by atoms with Crippen LogP contribution in [0.4, 0.5) is 0 Å². The van der Waals surface area contributed by atoms with Crippen molar-refractivity contribution in [2.75, 3.05) is 0 Å². The molecule has 3 N–H and O–H groups in total. The van der Waals surface area contributed by atoms with Gasteiger partial charge in [-0.3, -0.25) is 9.63 Å². The Morgan fingerprint density at radius 3 is 2.79 bits per heavy atom. The third-order valence-corrected chi connectivity index (χ3v) is 3.51. The van der Waals surface area contributed by atoms with Crippen LogP contribution in [0.3, 0.4) is 0 Å². The summed E-state index contributed by atoms with van der Waals surface area (Å²) in [4.78, 5) is 17.2. The molecule has 1 saturated carbocycles. The maximum Gasteiger partial charge on any atom is 0.247 e. The van der Waals surface area contributed by atoms with E-state index >= 15 is 0 Å². The predicted octanol–water partition coefficient (Wildman–Crippen LogP) is 1.86. The predicted molar refractivity (Wildman–Crippen MR) is 74.3 cm³/mol. The van der Waals surface area contributed by atoms with Gasteiger partial charge in [-0.25, -0.2) is 5.48 Å². The van der Waals surface area contributed by atoms with Gasteiger partial charge in [-0.15, -0.1) is 0 Å². The Labute approximate surface area is 114 Å². The normalized spacial score (nSPS) is 23.1. The minimum Gasteiger partial charge on any atom is -0.328 e. The number of amides is 1. The molecule has 1 aromatic rings. The van der Waals surface area contributed by atoms with Gasteiger partial charge in [-0.05, 0) is 38.2 Å². The molecule has 0 heterocycles. The van der Waals surface area contributed by atoms with Crippen molar-refractivity contribution in [3.05, 3.63) is 35.4 Å². The lowest BCUT2D eigenvalue weighted by Gasteiger charge is -2.25. The Morgan fingerprint density at radius 2 is 2.11 bits per heavy atom. The summed E-state index contributed by atoms with van der Waals surface area (Å²) in [5, 5.41) is 0. The third-order valence-electron chi connectivity index (χ3n) is 3.51. The summed E-state index contributed by atoms with van der Waals surface area (Å²) in [6.45, 7) is 2.02. The second-order valence-corrected chi connectivity index (χ2v) is 5.35. The van der Waals surface area contributed by atoms with E-state index in [-0.39, 0.29) is 12.0 Å². The molecule has 1 aliphatic carbocycles. The van der Waals surface area contributed by atoms with E-state index in [4.69, 9.17) is 10.6 Å². The SMILES string of the molecule is Cc1cccc(CC(=O)NOC2CCC(N)CC2)c1. The van der Waals surface area contributed by atoms with Crippen LogP contribution in [-0.4, -0.2) is 18.1 Å². The molecule has 2 rings (SSSR count). The van der Waals surface area contributed by atoms with Crippen molar-refractivity contribution >= 4 is 5.91 Å². The lowest BCUT2D eigenvalue weighted by atomic mass is 9.94. The van der Waals surface area contributed by atoms with Crippen LogP contribution < -0.4 is 11.2 Å². The molecule has 1 fully saturated rings. The van der Waals surface area contributed by atoms with E-state index in [1.807, 2.05) is 31.2 Å².